The summed E-state index contributed by atoms with van der Waals surface area (Å²) in [5.74, 6) is 0.692. The van der Waals surface area contributed by atoms with Crippen molar-refractivity contribution in [3.63, 3.8) is 0 Å². The Morgan fingerprint density at radius 2 is 1.86 bits per heavy atom. The molecule has 4 nitrogen and oxygen atoms in total. The number of aromatic nitrogens is 4. The van der Waals surface area contributed by atoms with Gasteiger partial charge in [-0.3, -0.25) is 0 Å². The molecule has 0 fully saturated rings. The van der Waals surface area contributed by atoms with E-state index in [9.17, 15) is 0 Å². The van der Waals surface area contributed by atoms with Gasteiger partial charge in [0.25, 0.3) is 0 Å². The van der Waals surface area contributed by atoms with Gasteiger partial charge in [-0.25, -0.2) is 4.68 Å². The summed E-state index contributed by atoms with van der Waals surface area (Å²) in [5.41, 5.74) is 4.31. The van der Waals surface area contributed by atoms with E-state index in [2.05, 4.69) is 55.7 Å². The Bertz CT molecular complexity index is 768. The van der Waals surface area contributed by atoms with Crippen molar-refractivity contribution in [3.05, 3.63) is 53.1 Å². The molecular weight excluding hydrogens is 352 g/mol. The molecule has 1 heterocycles. The van der Waals surface area contributed by atoms with E-state index in [1.807, 2.05) is 25.2 Å². The summed E-state index contributed by atoms with van der Waals surface area (Å²) in [6, 6.07) is 14.1. The topological polar surface area (TPSA) is 43.6 Å². The van der Waals surface area contributed by atoms with Gasteiger partial charge in [-0.2, -0.15) is 0 Å². The third kappa shape index (κ3) is 2.84. The first-order chi connectivity index (χ1) is 10.2. The summed E-state index contributed by atoms with van der Waals surface area (Å²) >= 11 is 9.59. The van der Waals surface area contributed by atoms with Crippen LogP contribution in [0.2, 0.25) is 5.02 Å². The molecule has 0 N–H and O–H groups in total. The molecule has 0 aliphatic carbocycles. The van der Waals surface area contributed by atoms with E-state index in [-0.39, 0.29) is 0 Å². The molecule has 106 valence electrons. The number of aryl methyl sites for hydroxylation is 1. The third-order valence-electron chi connectivity index (χ3n) is 3.26. The molecule has 3 aromatic rings. The molecular formula is C15H12BrClN4. The zero-order valence-electron chi connectivity index (χ0n) is 11.3. The first-order valence-corrected chi connectivity index (χ1v) is 7.86. The van der Waals surface area contributed by atoms with E-state index in [1.165, 1.54) is 5.56 Å². The van der Waals surface area contributed by atoms with Crippen LogP contribution < -0.4 is 0 Å². The van der Waals surface area contributed by atoms with Crippen molar-refractivity contribution >= 4 is 27.5 Å². The first kappa shape index (κ1) is 14.2. The van der Waals surface area contributed by atoms with Crippen molar-refractivity contribution in [1.82, 2.24) is 20.2 Å². The van der Waals surface area contributed by atoms with Gasteiger partial charge >= 0.3 is 0 Å². The Labute approximate surface area is 135 Å². The van der Waals surface area contributed by atoms with E-state index < -0.39 is 0 Å². The maximum absolute atomic E-state index is 6.14. The van der Waals surface area contributed by atoms with Gasteiger partial charge < -0.3 is 0 Å². The molecule has 0 bridgehead atoms. The van der Waals surface area contributed by atoms with Gasteiger partial charge in [0.15, 0.2) is 5.82 Å². The Morgan fingerprint density at radius 3 is 2.48 bits per heavy atom. The Hall–Kier alpha value is -1.72. The van der Waals surface area contributed by atoms with Gasteiger partial charge in [0.1, 0.15) is 0 Å². The van der Waals surface area contributed by atoms with Crippen molar-refractivity contribution in [2.75, 3.05) is 0 Å². The molecule has 6 heteroatoms. The lowest BCUT2D eigenvalue weighted by molar-refractivity contribution is 0.715. The summed E-state index contributed by atoms with van der Waals surface area (Å²) in [6.07, 6.45) is 0. The SMILES string of the molecule is Cn1nnnc1-c1cc(Cl)ccc1-c1ccc(CBr)cc1. The zero-order valence-corrected chi connectivity index (χ0v) is 13.6. The van der Waals surface area contributed by atoms with Gasteiger partial charge in [0.2, 0.25) is 0 Å². The minimum atomic E-state index is 0.661. The van der Waals surface area contributed by atoms with Crippen LogP contribution in [0.3, 0.4) is 0 Å². The molecule has 21 heavy (non-hydrogen) atoms. The Morgan fingerprint density at radius 1 is 1.10 bits per heavy atom. The number of tetrazole rings is 1. The maximum Gasteiger partial charge on any atom is 0.182 e. The first-order valence-electron chi connectivity index (χ1n) is 6.36. The molecule has 1 aromatic heterocycles. The molecule has 2 aromatic carbocycles. The number of benzene rings is 2. The summed E-state index contributed by atoms with van der Waals surface area (Å²) in [7, 11) is 1.81. The van der Waals surface area contributed by atoms with Crippen LogP contribution in [0, 0.1) is 0 Å². The van der Waals surface area contributed by atoms with E-state index in [0.717, 1.165) is 22.0 Å². The quantitative estimate of drug-likeness (QED) is 0.658. The van der Waals surface area contributed by atoms with Crippen molar-refractivity contribution in [2.45, 2.75) is 5.33 Å². The normalized spacial score (nSPS) is 10.8. The Kier molecular flexibility index (Phi) is 4.03. The minimum absolute atomic E-state index is 0.661. The lowest BCUT2D eigenvalue weighted by Gasteiger charge is -2.10. The smallest absolute Gasteiger partial charge is 0.182 e. The second kappa shape index (κ2) is 5.95. The maximum atomic E-state index is 6.14. The lowest BCUT2D eigenvalue weighted by Crippen LogP contribution is -1.96. The van der Waals surface area contributed by atoms with E-state index in [4.69, 9.17) is 11.6 Å². The number of halogens is 2. The fourth-order valence-corrected chi connectivity index (χ4v) is 2.73. The van der Waals surface area contributed by atoms with E-state index in [1.54, 1.807) is 4.68 Å². The number of rotatable bonds is 3. The van der Waals surface area contributed by atoms with Crippen LogP contribution in [0.25, 0.3) is 22.5 Å². The highest BCUT2D eigenvalue weighted by atomic mass is 79.9. The van der Waals surface area contributed by atoms with Crippen LogP contribution in [0.1, 0.15) is 5.56 Å². The molecule has 3 rings (SSSR count). The highest BCUT2D eigenvalue weighted by Crippen LogP contribution is 2.33. The molecule has 0 saturated carbocycles. The van der Waals surface area contributed by atoms with Crippen LogP contribution in [0.15, 0.2) is 42.5 Å². The zero-order chi connectivity index (χ0) is 14.8. The van der Waals surface area contributed by atoms with Gasteiger partial charge in [-0.1, -0.05) is 57.9 Å². The summed E-state index contributed by atoms with van der Waals surface area (Å²) in [5, 5.41) is 13.2. The van der Waals surface area contributed by atoms with Crippen LogP contribution >= 0.6 is 27.5 Å². The summed E-state index contributed by atoms with van der Waals surface area (Å²) in [6.45, 7) is 0. The number of hydrogen-bond donors (Lipinski definition) is 0. The molecule has 0 saturated heterocycles. The summed E-state index contributed by atoms with van der Waals surface area (Å²) in [4.78, 5) is 0. The molecule has 0 amide bonds. The van der Waals surface area contributed by atoms with E-state index in [0.29, 0.717) is 10.8 Å². The molecule has 0 spiro atoms. The van der Waals surface area contributed by atoms with E-state index >= 15 is 0 Å². The Balaban J connectivity index is 2.16. The highest BCUT2D eigenvalue weighted by molar-refractivity contribution is 9.08. The lowest BCUT2D eigenvalue weighted by atomic mass is 9.98. The van der Waals surface area contributed by atoms with Gasteiger partial charge in [0.05, 0.1) is 0 Å². The largest absolute Gasteiger partial charge is 0.229 e. The van der Waals surface area contributed by atoms with Gasteiger partial charge in [-0.05, 0) is 39.2 Å². The predicted octanol–water partition coefficient (Wildman–Crippen LogP) is 4.09. The predicted molar refractivity (Wildman–Crippen MR) is 87.3 cm³/mol. The fourth-order valence-electron chi connectivity index (χ4n) is 2.18. The van der Waals surface area contributed by atoms with Crippen LogP contribution in [-0.2, 0) is 12.4 Å². The van der Waals surface area contributed by atoms with Crippen molar-refractivity contribution in [3.8, 4) is 22.5 Å². The molecule has 0 unspecified atom stereocenters. The summed E-state index contributed by atoms with van der Waals surface area (Å²) < 4.78 is 1.64. The average molecular weight is 364 g/mol. The third-order valence-corrected chi connectivity index (χ3v) is 4.14. The fraction of sp³-hybridized carbons (Fsp3) is 0.133. The van der Waals surface area contributed by atoms with Crippen molar-refractivity contribution in [1.29, 1.82) is 0 Å². The number of alkyl halides is 1. The van der Waals surface area contributed by atoms with Crippen LogP contribution in [-0.4, -0.2) is 20.2 Å². The average Bonchev–Trinajstić information content (AvgIpc) is 2.93. The minimum Gasteiger partial charge on any atom is -0.229 e. The van der Waals surface area contributed by atoms with Crippen LogP contribution in [0.5, 0.6) is 0 Å². The monoisotopic (exact) mass is 362 g/mol. The van der Waals surface area contributed by atoms with Gasteiger partial charge in [-0.15, -0.1) is 5.10 Å². The molecule has 0 atom stereocenters. The second-order valence-corrected chi connectivity index (χ2v) is 5.64. The highest BCUT2D eigenvalue weighted by Gasteiger charge is 2.13. The molecule has 0 aliphatic heterocycles. The molecule has 0 aliphatic rings. The standard InChI is InChI=1S/C15H12BrClN4/c1-21-15(18-19-20-21)14-8-12(17)6-7-13(14)11-4-2-10(9-16)3-5-11/h2-8H,9H2,1H3. The number of nitrogens with zero attached hydrogens (tertiary/aromatic N) is 4. The van der Waals surface area contributed by atoms with Gasteiger partial charge in [0, 0.05) is 23.0 Å². The molecule has 0 radical (unpaired) electrons. The van der Waals surface area contributed by atoms with Crippen molar-refractivity contribution < 1.29 is 0 Å². The van der Waals surface area contributed by atoms with Crippen molar-refractivity contribution in [2.24, 2.45) is 7.05 Å². The second-order valence-electron chi connectivity index (χ2n) is 4.65. The number of hydrogen-bond acceptors (Lipinski definition) is 3. The van der Waals surface area contributed by atoms with Crippen LogP contribution in [0.4, 0.5) is 0 Å².